The zero-order valence-electron chi connectivity index (χ0n) is 16.0. The summed E-state index contributed by atoms with van der Waals surface area (Å²) in [6.45, 7) is 12.6. The van der Waals surface area contributed by atoms with Crippen molar-refractivity contribution < 1.29 is 21.6 Å². The van der Waals surface area contributed by atoms with Crippen LogP contribution in [-0.2, 0) is 25.3 Å². The van der Waals surface area contributed by atoms with Gasteiger partial charge >= 0.3 is 17.3 Å². The zero-order valence-corrected chi connectivity index (χ0v) is 16.9. The van der Waals surface area contributed by atoms with Gasteiger partial charge in [-0.2, -0.15) is 8.42 Å². The van der Waals surface area contributed by atoms with Crippen molar-refractivity contribution in [1.29, 1.82) is 0 Å². The highest BCUT2D eigenvalue weighted by molar-refractivity contribution is 7.85. The molecule has 1 aliphatic rings. The Labute approximate surface area is 153 Å². The van der Waals surface area contributed by atoms with E-state index >= 15 is 0 Å². The van der Waals surface area contributed by atoms with E-state index < -0.39 is 34.3 Å². The molecule has 0 radical (unpaired) electrons. The Morgan fingerprint density at radius 2 is 1.58 bits per heavy atom. The Kier molecular flexibility index (Phi) is 5.20. The predicted octanol–water partition coefficient (Wildman–Crippen LogP) is 3.65. The molecule has 142 valence electrons. The van der Waals surface area contributed by atoms with E-state index in [1.165, 1.54) is 0 Å². The van der Waals surface area contributed by atoms with Crippen LogP contribution in [0.15, 0.2) is 5.11 Å². The molecule has 0 spiro atoms. The Morgan fingerprint density at radius 3 is 2.00 bits per heavy atom. The topological polar surface area (TPSA) is 101 Å². The second-order valence-corrected chi connectivity index (χ2v) is 8.94. The van der Waals surface area contributed by atoms with Crippen molar-refractivity contribution in [2.24, 2.45) is 5.11 Å². The summed E-state index contributed by atoms with van der Waals surface area (Å²) in [5, 5.41) is 3.69. The summed E-state index contributed by atoms with van der Waals surface area (Å²) in [7, 11) is -5.55. The van der Waals surface area contributed by atoms with Gasteiger partial charge in [-0.25, -0.2) is 0 Å². The molecular weight excluding hydrogens is 360 g/mol. The molecule has 1 fully saturated rings. The van der Waals surface area contributed by atoms with Gasteiger partial charge in [-0.3, -0.25) is 0 Å². The molecule has 7 nitrogen and oxygen atoms in total. The van der Waals surface area contributed by atoms with Crippen molar-refractivity contribution in [1.82, 2.24) is 0 Å². The molecule has 0 N–H and O–H groups in total. The van der Waals surface area contributed by atoms with Gasteiger partial charge < -0.3 is 9.31 Å². The van der Waals surface area contributed by atoms with E-state index in [1.54, 1.807) is 20.8 Å². The number of hydrogen-bond acceptors (Lipinski definition) is 5. The maximum Gasteiger partial charge on any atom is 0.495 e. The number of azide groups is 1. The first kappa shape index (κ1) is 20.7. The summed E-state index contributed by atoms with van der Waals surface area (Å²) in [6, 6.07) is 0. The van der Waals surface area contributed by atoms with Crippen molar-refractivity contribution in [2.45, 2.75) is 65.4 Å². The molecule has 1 heterocycles. The van der Waals surface area contributed by atoms with Gasteiger partial charge in [0.05, 0.1) is 11.2 Å². The van der Waals surface area contributed by atoms with Crippen molar-refractivity contribution >= 4 is 28.5 Å². The van der Waals surface area contributed by atoms with E-state index in [-0.39, 0.29) is 11.3 Å². The molecule has 0 amide bonds. The smallest absolute Gasteiger partial charge is 0.399 e. The van der Waals surface area contributed by atoms with Crippen LogP contribution in [0, 0.1) is 20.8 Å². The Bertz CT molecular complexity index is 893. The second kappa shape index (κ2) is 6.53. The van der Waals surface area contributed by atoms with Crippen molar-refractivity contribution in [2.75, 3.05) is 0 Å². The molecule has 26 heavy (non-hydrogen) atoms. The minimum absolute atomic E-state index is 0.255. The van der Waals surface area contributed by atoms with Crippen LogP contribution in [0.3, 0.4) is 0 Å². The lowest BCUT2D eigenvalue weighted by atomic mass is 9.71. The first-order valence-corrected chi connectivity index (χ1v) is 9.72. The summed E-state index contributed by atoms with van der Waals surface area (Å²) in [5.74, 6) is -0.800. The van der Waals surface area contributed by atoms with Crippen molar-refractivity contribution in [3.05, 3.63) is 32.7 Å². The average Bonchev–Trinajstić information content (AvgIpc) is 2.67. The molecule has 0 aliphatic carbocycles. The van der Waals surface area contributed by atoms with E-state index in [2.05, 4.69) is 10.0 Å². The minimum Gasteiger partial charge on any atom is -0.399 e. The Morgan fingerprint density at radius 1 is 1.08 bits per heavy atom. The molecule has 0 bridgehead atoms. The molecule has 0 saturated carbocycles. The van der Waals surface area contributed by atoms with Crippen molar-refractivity contribution in [3.63, 3.8) is 0 Å². The Balaban J connectivity index is 2.76. The highest BCUT2D eigenvalue weighted by atomic mass is 32.3. The summed E-state index contributed by atoms with van der Waals surface area (Å²) in [5.41, 5.74) is 10.4. The summed E-state index contributed by atoms with van der Waals surface area (Å²) < 4.78 is 48.1. The van der Waals surface area contributed by atoms with Crippen molar-refractivity contribution in [3.8, 4) is 0 Å². The summed E-state index contributed by atoms with van der Waals surface area (Å²) >= 11 is 0. The quantitative estimate of drug-likeness (QED) is 0.260. The molecular formula is C16H23BFN3O4S. The minimum atomic E-state index is -4.77. The van der Waals surface area contributed by atoms with Crippen LogP contribution in [0.5, 0.6) is 0 Å². The molecule has 0 atom stereocenters. The lowest BCUT2D eigenvalue weighted by Crippen LogP contribution is -2.41. The SMILES string of the molecule is Cc1c(CS(=O)(=O)F)c(C)c(B2OC(C)(C)C(C)(C)O2)c(C)c1N=[N+]=[N-]. The average molecular weight is 383 g/mol. The standard InChI is InChI=1S/C16H23BFN3O4S/c1-9-12(8-26(18,22)23)10(2)14(20-21-19)11(3)13(9)17-24-15(4,5)16(6,7)25-17/h8H2,1-7H3. The molecule has 10 heteroatoms. The highest BCUT2D eigenvalue weighted by Crippen LogP contribution is 2.38. The van der Waals surface area contributed by atoms with Gasteiger partial charge in [0, 0.05) is 10.6 Å². The second-order valence-electron chi connectivity index (χ2n) is 7.58. The fourth-order valence-corrected chi connectivity index (χ4v) is 3.95. The van der Waals surface area contributed by atoms with Gasteiger partial charge in [0.25, 0.3) is 0 Å². The third-order valence-electron chi connectivity index (χ3n) is 5.37. The maximum absolute atomic E-state index is 13.4. The number of halogens is 1. The first-order chi connectivity index (χ1) is 11.7. The third kappa shape index (κ3) is 3.60. The molecule has 1 saturated heterocycles. The van der Waals surface area contributed by atoms with Crippen LogP contribution in [0.1, 0.15) is 49.9 Å². The lowest BCUT2D eigenvalue weighted by molar-refractivity contribution is 0.00578. The summed E-state index contributed by atoms with van der Waals surface area (Å²) in [6.07, 6.45) is 0. The fourth-order valence-electron chi connectivity index (χ4n) is 3.17. The van der Waals surface area contributed by atoms with Gasteiger partial charge in [-0.15, -0.1) is 3.89 Å². The van der Waals surface area contributed by atoms with E-state index in [1.807, 2.05) is 27.7 Å². The molecule has 0 aromatic heterocycles. The van der Waals surface area contributed by atoms with Gasteiger partial charge in [-0.05, 0) is 81.7 Å². The molecule has 1 aliphatic heterocycles. The maximum atomic E-state index is 13.4. The van der Waals surface area contributed by atoms with E-state index in [0.717, 1.165) is 0 Å². The molecule has 0 unspecified atom stereocenters. The molecule has 1 aromatic rings. The van der Waals surface area contributed by atoms with E-state index in [9.17, 15) is 12.3 Å². The largest absolute Gasteiger partial charge is 0.495 e. The van der Waals surface area contributed by atoms with Crippen LogP contribution in [0.25, 0.3) is 10.4 Å². The number of benzene rings is 1. The third-order valence-corrected chi connectivity index (χ3v) is 6.01. The molecule has 2 rings (SSSR count). The van der Waals surface area contributed by atoms with Gasteiger partial charge in [0.2, 0.25) is 0 Å². The van der Waals surface area contributed by atoms with Gasteiger partial charge in [-0.1, -0.05) is 5.11 Å². The van der Waals surface area contributed by atoms with E-state index in [4.69, 9.17) is 14.8 Å². The number of rotatable bonds is 4. The van der Waals surface area contributed by atoms with Crippen LogP contribution < -0.4 is 5.46 Å². The van der Waals surface area contributed by atoms with Gasteiger partial charge in [0.15, 0.2) is 0 Å². The van der Waals surface area contributed by atoms with Crippen LogP contribution >= 0.6 is 0 Å². The number of nitrogens with zero attached hydrogens (tertiary/aromatic N) is 3. The van der Waals surface area contributed by atoms with Crippen LogP contribution in [0.4, 0.5) is 9.57 Å². The van der Waals surface area contributed by atoms with Crippen LogP contribution in [0.2, 0.25) is 0 Å². The normalized spacial score (nSPS) is 18.7. The fraction of sp³-hybridized carbons (Fsp3) is 0.625. The van der Waals surface area contributed by atoms with Crippen LogP contribution in [-0.4, -0.2) is 26.7 Å². The van der Waals surface area contributed by atoms with Gasteiger partial charge in [0.1, 0.15) is 5.75 Å². The Hall–Kier alpha value is -1.61. The first-order valence-electron chi connectivity index (χ1n) is 8.17. The lowest BCUT2D eigenvalue weighted by Gasteiger charge is -2.32. The monoisotopic (exact) mass is 383 g/mol. The predicted molar refractivity (Wildman–Crippen MR) is 98.9 cm³/mol. The van der Waals surface area contributed by atoms with E-state index in [0.29, 0.717) is 22.2 Å². The highest BCUT2D eigenvalue weighted by Gasteiger charge is 2.52. The zero-order chi connectivity index (χ0) is 20.1. The summed E-state index contributed by atoms with van der Waals surface area (Å²) in [4.78, 5) is 2.82. The molecule has 1 aromatic carbocycles. The number of hydrogen-bond donors (Lipinski definition) is 0.